The number of carbonyl (C=O) groups excluding carboxylic acids is 2. The zero-order valence-electron chi connectivity index (χ0n) is 22.7. The molecule has 7 heteroatoms. The molecule has 5 rings (SSSR count). The first kappa shape index (κ1) is 26.1. The van der Waals surface area contributed by atoms with E-state index in [9.17, 15) is 9.59 Å². The molecule has 1 aliphatic heterocycles. The highest BCUT2D eigenvalue weighted by atomic mass is 16.5. The van der Waals surface area contributed by atoms with Crippen molar-refractivity contribution < 1.29 is 14.3 Å². The lowest BCUT2D eigenvalue weighted by Crippen LogP contribution is -2.51. The number of urea groups is 1. The number of methoxy groups -OCH3 is 1. The maximum Gasteiger partial charge on any atom is 0.321 e. The second-order valence-electron chi connectivity index (χ2n) is 9.69. The number of aryl methyl sites for hydroxylation is 1. The lowest BCUT2D eigenvalue weighted by Gasteiger charge is -2.34. The Morgan fingerprint density at radius 2 is 1.54 bits per heavy atom. The number of amides is 3. The fourth-order valence-electron chi connectivity index (χ4n) is 5.04. The Hall–Kier alpha value is -4.52. The van der Waals surface area contributed by atoms with Gasteiger partial charge in [0.05, 0.1) is 18.4 Å². The molecular weight excluding hydrogens is 488 g/mol. The summed E-state index contributed by atoms with van der Waals surface area (Å²) < 4.78 is 7.58. The van der Waals surface area contributed by atoms with Crippen molar-refractivity contribution in [3.8, 4) is 22.7 Å². The van der Waals surface area contributed by atoms with Crippen molar-refractivity contribution >= 4 is 17.6 Å². The Bertz CT molecular complexity index is 1450. The van der Waals surface area contributed by atoms with Gasteiger partial charge in [-0.05, 0) is 61.4 Å². The normalized spacial score (nSPS) is 13.3. The first-order valence-corrected chi connectivity index (χ1v) is 13.3. The van der Waals surface area contributed by atoms with Crippen molar-refractivity contribution in [3.63, 3.8) is 0 Å². The van der Waals surface area contributed by atoms with E-state index in [4.69, 9.17) is 4.74 Å². The van der Waals surface area contributed by atoms with Gasteiger partial charge in [-0.15, -0.1) is 0 Å². The molecule has 0 saturated carbocycles. The van der Waals surface area contributed by atoms with Crippen molar-refractivity contribution in [2.24, 2.45) is 0 Å². The van der Waals surface area contributed by atoms with Crippen molar-refractivity contribution in [3.05, 3.63) is 102 Å². The van der Waals surface area contributed by atoms with Gasteiger partial charge in [-0.2, -0.15) is 0 Å². The number of piperazine rings is 1. The quantitative estimate of drug-likeness (QED) is 0.337. The molecule has 0 aliphatic carbocycles. The van der Waals surface area contributed by atoms with Crippen molar-refractivity contribution in [1.82, 2.24) is 14.4 Å². The third kappa shape index (κ3) is 5.53. The molecule has 1 fully saturated rings. The third-order valence-electron chi connectivity index (χ3n) is 7.33. The molecule has 0 spiro atoms. The summed E-state index contributed by atoms with van der Waals surface area (Å²) in [4.78, 5) is 30.2. The molecule has 1 saturated heterocycles. The third-order valence-corrected chi connectivity index (χ3v) is 7.33. The molecule has 3 amide bonds. The fourth-order valence-corrected chi connectivity index (χ4v) is 5.04. The van der Waals surface area contributed by atoms with E-state index in [0.29, 0.717) is 31.7 Å². The van der Waals surface area contributed by atoms with E-state index in [0.717, 1.165) is 40.5 Å². The lowest BCUT2D eigenvalue weighted by atomic mass is 10.1. The SMILES string of the molecule is CCc1ccc(NC(=O)N2CCN(C(=O)c3cc(-c4cccc(OC)c4)n(-c4ccccc4)c3C)CC2)cc1. The highest BCUT2D eigenvalue weighted by Gasteiger charge is 2.28. The highest BCUT2D eigenvalue weighted by molar-refractivity contribution is 5.98. The van der Waals surface area contributed by atoms with E-state index in [1.165, 1.54) is 5.56 Å². The first-order chi connectivity index (χ1) is 19.0. The molecular formula is C32H34N4O3. The minimum atomic E-state index is -0.141. The van der Waals surface area contributed by atoms with Crippen molar-refractivity contribution in [2.75, 3.05) is 38.6 Å². The Labute approximate surface area is 229 Å². The van der Waals surface area contributed by atoms with E-state index < -0.39 is 0 Å². The molecule has 2 heterocycles. The molecule has 0 atom stereocenters. The number of rotatable bonds is 6. The summed E-state index contributed by atoms with van der Waals surface area (Å²) in [6.07, 6.45) is 0.958. The highest BCUT2D eigenvalue weighted by Crippen LogP contribution is 2.32. The molecule has 1 N–H and O–H groups in total. The summed E-state index contributed by atoms with van der Waals surface area (Å²) in [5.74, 6) is 0.732. The Balaban J connectivity index is 1.34. The van der Waals surface area contributed by atoms with Gasteiger partial charge in [0.1, 0.15) is 5.75 Å². The number of anilines is 1. The van der Waals surface area contributed by atoms with E-state index in [1.807, 2.05) is 96.8 Å². The van der Waals surface area contributed by atoms with Gasteiger partial charge in [0.25, 0.3) is 5.91 Å². The van der Waals surface area contributed by atoms with Gasteiger partial charge in [-0.1, -0.05) is 49.4 Å². The smallest absolute Gasteiger partial charge is 0.321 e. The van der Waals surface area contributed by atoms with Crippen LogP contribution in [0, 0.1) is 6.92 Å². The second kappa shape index (κ2) is 11.5. The average molecular weight is 523 g/mol. The maximum absolute atomic E-state index is 13.8. The van der Waals surface area contributed by atoms with Crippen LogP contribution in [0.15, 0.2) is 84.9 Å². The molecule has 4 aromatic rings. The molecule has 0 bridgehead atoms. The number of nitrogens with one attached hydrogen (secondary N) is 1. The van der Waals surface area contributed by atoms with Gasteiger partial charge in [-0.3, -0.25) is 4.79 Å². The van der Waals surface area contributed by atoms with Gasteiger partial charge in [0.2, 0.25) is 0 Å². The van der Waals surface area contributed by atoms with Gasteiger partial charge in [-0.25, -0.2) is 4.79 Å². The van der Waals surface area contributed by atoms with Crippen molar-refractivity contribution in [2.45, 2.75) is 20.3 Å². The summed E-state index contributed by atoms with van der Waals surface area (Å²) >= 11 is 0. The predicted molar refractivity (Wildman–Crippen MR) is 155 cm³/mol. The summed E-state index contributed by atoms with van der Waals surface area (Å²) in [7, 11) is 1.65. The number of para-hydroxylation sites is 1. The monoisotopic (exact) mass is 522 g/mol. The van der Waals surface area contributed by atoms with Crippen LogP contribution >= 0.6 is 0 Å². The summed E-state index contributed by atoms with van der Waals surface area (Å²) in [6.45, 7) is 6.00. The maximum atomic E-state index is 13.8. The van der Waals surface area contributed by atoms with E-state index in [1.54, 1.807) is 12.0 Å². The average Bonchev–Trinajstić information content (AvgIpc) is 3.34. The number of benzene rings is 3. The van der Waals surface area contributed by atoms with E-state index >= 15 is 0 Å². The number of aromatic nitrogens is 1. The number of nitrogens with zero attached hydrogens (tertiary/aromatic N) is 3. The molecule has 0 unspecified atom stereocenters. The molecule has 7 nitrogen and oxygen atoms in total. The predicted octanol–water partition coefficient (Wildman–Crippen LogP) is 6.01. The number of ether oxygens (including phenoxy) is 1. The first-order valence-electron chi connectivity index (χ1n) is 13.3. The Morgan fingerprint density at radius 1 is 0.846 bits per heavy atom. The van der Waals surface area contributed by atoms with Crippen LogP contribution in [-0.2, 0) is 6.42 Å². The topological polar surface area (TPSA) is 66.8 Å². The van der Waals surface area contributed by atoms with Crippen LogP contribution in [0.5, 0.6) is 5.75 Å². The molecule has 1 aromatic heterocycles. The van der Waals surface area contributed by atoms with Gasteiger partial charge < -0.3 is 24.4 Å². The fraction of sp³-hybridized carbons (Fsp3) is 0.250. The van der Waals surface area contributed by atoms with Gasteiger partial charge in [0, 0.05) is 48.8 Å². The molecule has 200 valence electrons. The van der Waals surface area contributed by atoms with Crippen LogP contribution in [0.2, 0.25) is 0 Å². The lowest BCUT2D eigenvalue weighted by molar-refractivity contribution is 0.0671. The van der Waals surface area contributed by atoms with Crippen LogP contribution < -0.4 is 10.1 Å². The molecule has 0 radical (unpaired) electrons. The zero-order valence-corrected chi connectivity index (χ0v) is 22.7. The molecule has 39 heavy (non-hydrogen) atoms. The van der Waals surface area contributed by atoms with Crippen LogP contribution in [0.4, 0.5) is 10.5 Å². The minimum absolute atomic E-state index is 0.0264. The van der Waals surface area contributed by atoms with Gasteiger partial charge in [0.15, 0.2) is 0 Å². The van der Waals surface area contributed by atoms with Gasteiger partial charge >= 0.3 is 6.03 Å². The van der Waals surface area contributed by atoms with E-state index in [-0.39, 0.29) is 11.9 Å². The Morgan fingerprint density at radius 3 is 2.21 bits per heavy atom. The molecule has 1 aliphatic rings. The minimum Gasteiger partial charge on any atom is -0.497 e. The number of hydrogen-bond acceptors (Lipinski definition) is 3. The number of hydrogen-bond donors (Lipinski definition) is 1. The van der Waals surface area contributed by atoms with Crippen LogP contribution in [0.3, 0.4) is 0 Å². The summed E-state index contributed by atoms with van der Waals surface area (Å²) in [5, 5.41) is 2.97. The van der Waals surface area contributed by atoms with Crippen LogP contribution in [-0.4, -0.2) is 59.6 Å². The second-order valence-corrected chi connectivity index (χ2v) is 9.69. The van der Waals surface area contributed by atoms with Crippen molar-refractivity contribution in [1.29, 1.82) is 0 Å². The van der Waals surface area contributed by atoms with Crippen LogP contribution in [0.1, 0.15) is 28.5 Å². The zero-order chi connectivity index (χ0) is 27.4. The Kier molecular flexibility index (Phi) is 7.68. The molecule has 3 aromatic carbocycles. The largest absolute Gasteiger partial charge is 0.497 e. The summed E-state index contributed by atoms with van der Waals surface area (Å²) in [5.41, 5.74) is 6.41. The number of carbonyl (C=O) groups is 2. The summed E-state index contributed by atoms with van der Waals surface area (Å²) in [6, 6.07) is 27.7. The van der Waals surface area contributed by atoms with E-state index in [2.05, 4.69) is 16.8 Å². The standard InChI is InChI=1S/C32H34N4O3/c1-4-24-13-15-26(16-14-24)33-32(38)35-19-17-34(18-20-35)31(37)29-22-30(25-9-8-12-28(21-25)39-3)36(23(29)2)27-10-6-5-7-11-27/h5-16,21-22H,4,17-20H2,1-3H3,(H,33,38). The van der Waals surface area contributed by atoms with Crippen LogP contribution in [0.25, 0.3) is 16.9 Å².